The molecule has 0 saturated heterocycles. The average Bonchev–Trinajstić information content (AvgIpc) is 2.34. The van der Waals surface area contributed by atoms with Crippen LogP contribution in [-0.4, -0.2) is 19.1 Å². The van der Waals surface area contributed by atoms with E-state index in [1.54, 1.807) is 0 Å². The van der Waals surface area contributed by atoms with E-state index in [2.05, 4.69) is 21.2 Å². The van der Waals surface area contributed by atoms with Crippen molar-refractivity contribution in [2.75, 3.05) is 12.4 Å². The SMILES string of the molecule is CC.CNc1c(C(=O)C=O)ccc(Br)c1F. The molecule has 0 spiro atoms. The molecule has 0 amide bonds. The van der Waals surface area contributed by atoms with Gasteiger partial charge in [-0.05, 0) is 28.1 Å². The summed E-state index contributed by atoms with van der Waals surface area (Å²) in [5.74, 6) is -1.33. The largest absolute Gasteiger partial charge is 0.385 e. The zero-order chi connectivity index (χ0) is 12.7. The van der Waals surface area contributed by atoms with Gasteiger partial charge in [0.1, 0.15) is 0 Å². The van der Waals surface area contributed by atoms with Gasteiger partial charge in [0, 0.05) is 7.05 Å². The molecule has 88 valence electrons. The monoisotopic (exact) mass is 289 g/mol. The number of hydrogen-bond acceptors (Lipinski definition) is 3. The predicted octanol–water partition coefficient (Wildman–Crippen LogP) is 3.04. The molecule has 1 N–H and O–H groups in total. The van der Waals surface area contributed by atoms with E-state index in [1.165, 1.54) is 19.2 Å². The van der Waals surface area contributed by atoms with Gasteiger partial charge in [-0.3, -0.25) is 9.59 Å². The van der Waals surface area contributed by atoms with Crippen LogP contribution in [0.3, 0.4) is 0 Å². The van der Waals surface area contributed by atoms with E-state index >= 15 is 0 Å². The lowest BCUT2D eigenvalue weighted by atomic mass is 10.1. The number of ketones is 1. The number of Topliss-reactive ketones (excluding diaryl/α,β-unsaturated/α-hetero) is 1. The minimum absolute atomic E-state index is 0.0245. The van der Waals surface area contributed by atoms with E-state index in [0.717, 1.165) is 0 Å². The molecule has 0 aliphatic carbocycles. The van der Waals surface area contributed by atoms with E-state index in [9.17, 15) is 14.0 Å². The maximum absolute atomic E-state index is 13.4. The highest BCUT2D eigenvalue weighted by atomic mass is 79.9. The van der Waals surface area contributed by atoms with Gasteiger partial charge in [0.05, 0.1) is 15.7 Å². The average molecular weight is 290 g/mol. The van der Waals surface area contributed by atoms with Crippen LogP contribution in [0.2, 0.25) is 0 Å². The Bertz CT molecular complexity index is 394. The van der Waals surface area contributed by atoms with Crippen molar-refractivity contribution in [1.82, 2.24) is 0 Å². The first kappa shape index (κ1) is 14.8. The normalized spacial score (nSPS) is 8.81. The molecular formula is C11H13BrFNO2. The highest BCUT2D eigenvalue weighted by Crippen LogP contribution is 2.26. The number of benzene rings is 1. The van der Waals surface area contributed by atoms with E-state index < -0.39 is 11.6 Å². The fourth-order valence-electron chi connectivity index (χ4n) is 1.06. The Hall–Kier alpha value is -1.23. The van der Waals surface area contributed by atoms with Gasteiger partial charge in [-0.1, -0.05) is 13.8 Å². The zero-order valence-electron chi connectivity index (χ0n) is 9.30. The van der Waals surface area contributed by atoms with Crippen LogP contribution in [0.15, 0.2) is 16.6 Å². The molecule has 1 rings (SSSR count). The Labute approximate surface area is 102 Å². The summed E-state index contributed by atoms with van der Waals surface area (Å²) in [5.41, 5.74) is 0.0553. The number of carbonyl (C=O) groups is 2. The molecule has 0 saturated carbocycles. The minimum Gasteiger partial charge on any atom is -0.385 e. The van der Waals surface area contributed by atoms with Crippen molar-refractivity contribution in [1.29, 1.82) is 0 Å². The molecule has 0 aliphatic heterocycles. The lowest BCUT2D eigenvalue weighted by Crippen LogP contribution is -2.07. The quantitative estimate of drug-likeness (QED) is 0.529. The number of rotatable bonds is 3. The lowest BCUT2D eigenvalue weighted by molar-refractivity contribution is -0.104. The Morgan fingerprint density at radius 2 is 2.00 bits per heavy atom. The first-order valence-electron chi connectivity index (χ1n) is 4.77. The lowest BCUT2D eigenvalue weighted by Gasteiger charge is -2.07. The highest BCUT2D eigenvalue weighted by Gasteiger charge is 2.15. The summed E-state index contributed by atoms with van der Waals surface area (Å²) in [6.45, 7) is 4.00. The maximum Gasteiger partial charge on any atom is 0.227 e. The molecule has 0 aromatic heterocycles. The van der Waals surface area contributed by atoms with Crippen LogP contribution in [0, 0.1) is 5.82 Å². The van der Waals surface area contributed by atoms with Gasteiger partial charge >= 0.3 is 0 Å². The van der Waals surface area contributed by atoms with Gasteiger partial charge in [0.25, 0.3) is 0 Å². The summed E-state index contributed by atoms with van der Waals surface area (Å²) in [5, 5.41) is 2.54. The first-order chi connectivity index (χ1) is 7.61. The molecule has 0 unspecified atom stereocenters. The van der Waals surface area contributed by atoms with Crippen molar-refractivity contribution >= 4 is 33.7 Å². The second-order valence-electron chi connectivity index (χ2n) is 2.52. The molecule has 0 radical (unpaired) electrons. The second-order valence-corrected chi connectivity index (χ2v) is 3.37. The fraction of sp³-hybridized carbons (Fsp3) is 0.273. The smallest absolute Gasteiger partial charge is 0.227 e. The maximum atomic E-state index is 13.4. The topological polar surface area (TPSA) is 46.2 Å². The van der Waals surface area contributed by atoms with Crippen LogP contribution in [0.5, 0.6) is 0 Å². The number of nitrogens with one attached hydrogen (secondary N) is 1. The molecule has 5 heteroatoms. The van der Waals surface area contributed by atoms with Gasteiger partial charge in [0.15, 0.2) is 12.1 Å². The number of aldehydes is 1. The van der Waals surface area contributed by atoms with Crippen molar-refractivity contribution in [3.8, 4) is 0 Å². The summed E-state index contributed by atoms with van der Waals surface area (Å²) in [6.07, 6.45) is 0.156. The van der Waals surface area contributed by atoms with Crippen molar-refractivity contribution in [2.24, 2.45) is 0 Å². The molecule has 1 aromatic carbocycles. The Morgan fingerprint density at radius 1 is 1.44 bits per heavy atom. The third-order valence-electron chi connectivity index (χ3n) is 1.72. The molecule has 0 aliphatic rings. The minimum atomic E-state index is -0.749. The second kappa shape index (κ2) is 7.11. The summed E-state index contributed by atoms with van der Waals surface area (Å²) >= 11 is 2.98. The Morgan fingerprint density at radius 3 is 2.44 bits per heavy atom. The molecule has 3 nitrogen and oxygen atoms in total. The molecule has 0 fully saturated rings. The van der Waals surface area contributed by atoms with E-state index in [0.29, 0.717) is 0 Å². The van der Waals surface area contributed by atoms with E-state index in [-0.39, 0.29) is 22.0 Å². The van der Waals surface area contributed by atoms with Crippen LogP contribution >= 0.6 is 15.9 Å². The van der Waals surface area contributed by atoms with Crippen LogP contribution in [0.1, 0.15) is 24.2 Å². The van der Waals surface area contributed by atoms with Gasteiger partial charge in [-0.15, -0.1) is 0 Å². The third kappa shape index (κ3) is 3.13. The number of carbonyl (C=O) groups excluding carboxylic acids is 2. The van der Waals surface area contributed by atoms with E-state index in [1.807, 2.05) is 13.8 Å². The number of hydrogen-bond donors (Lipinski definition) is 1. The summed E-state index contributed by atoms with van der Waals surface area (Å²) in [6, 6.07) is 2.77. The van der Waals surface area contributed by atoms with Gasteiger partial charge < -0.3 is 5.32 Å². The van der Waals surface area contributed by atoms with Crippen molar-refractivity contribution < 1.29 is 14.0 Å². The van der Waals surface area contributed by atoms with Crippen LogP contribution in [-0.2, 0) is 4.79 Å². The molecule has 0 heterocycles. The van der Waals surface area contributed by atoms with Crippen molar-refractivity contribution in [2.45, 2.75) is 13.8 Å². The molecular weight excluding hydrogens is 277 g/mol. The first-order valence-corrected chi connectivity index (χ1v) is 5.56. The van der Waals surface area contributed by atoms with Crippen LogP contribution in [0.4, 0.5) is 10.1 Å². The van der Waals surface area contributed by atoms with Gasteiger partial charge in [0.2, 0.25) is 5.78 Å². The molecule has 0 bridgehead atoms. The summed E-state index contributed by atoms with van der Waals surface area (Å²) in [7, 11) is 1.48. The number of anilines is 1. The predicted molar refractivity (Wildman–Crippen MR) is 65.4 cm³/mol. The molecule has 0 atom stereocenters. The van der Waals surface area contributed by atoms with Gasteiger partial charge in [-0.2, -0.15) is 0 Å². The third-order valence-corrected chi connectivity index (χ3v) is 2.33. The summed E-state index contributed by atoms with van der Waals surface area (Å²) in [4.78, 5) is 21.3. The van der Waals surface area contributed by atoms with Crippen LogP contribution in [0.25, 0.3) is 0 Å². The fourth-order valence-corrected chi connectivity index (χ4v) is 1.39. The zero-order valence-corrected chi connectivity index (χ0v) is 10.9. The summed E-state index contributed by atoms with van der Waals surface area (Å²) < 4.78 is 13.6. The van der Waals surface area contributed by atoms with Crippen molar-refractivity contribution in [3.05, 3.63) is 28.0 Å². The van der Waals surface area contributed by atoms with Gasteiger partial charge in [-0.25, -0.2) is 4.39 Å². The Balaban J connectivity index is 0.00000106. The molecule has 16 heavy (non-hydrogen) atoms. The Kier molecular flexibility index (Phi) is 6.56. The standard InChI is InChI=1S/C9H7BrFNO2.C2H6/c1-12-9-5(7(14)4-13)2-3-6(10)8(9)11;1-2/h2-4,12H,1H3;1-2H3. The molecule has 1 aromatic rings. The van der Waals surface area contributed by atoms with Crippen molar-refractivity contribution in [3.63, 3.8) is 0 Å². The highest BCUT2D eigenvalue weighted by molar-refractivity contribution is 9.10. The van der Waals surface area contributed by atoms with Crippen LogP contribution < -0.4 is 5.32 Å². The van der Waals surface area contributed by atoms with E-state index in [4.69, 9.17) is 0 Å². The number of halogens is 2.